The number of hydrogen-bond acceptors (Lipinski definition) is 4. The quantitative estimate of drug-likeness (QED) is 0.318. The minimum Gasteiger partial charge on any atom is -0.360 e. The number of thiazole rings is 1. The lowest BCUT2D eigenvalue weighted by atomic mass is 9.98. The summed E-state index contributed by atoms with van der Waals surface area (Å²) >= 11 is 7.21. The Morgan fingerprint density at radius 1 is 1.14 bits per heavy atom. The molecular formula is C29H36N4OS2. The number of likely N-dealkylation sites (tertiary alicyclic amines) is 1. The molecule has 2 heterocycles. The van der Waals surface area contributed by atoms with Crippen molar-refractivity contribution in [3.63, 3.8) is 0 Å². The molecule has 1 amide bonds. The van der Waals surface area contributed by atoms with Crippen LogP contribution in [0, 0.1) is 0 Å². The molecule has 0 spiro atoms. The van der Waals surface area contributed by atoms with Crippen molar-refractivity contribution in [1.82, 2.24) is 15.2 Å². The van der Waals surface area contributed by atoms with Gasteiger partial charge < -0.3 is 15.5 Å². The highest BCUT2D eigenvalue weighted by molar-refractivity contribution is 7.80. The standard InChI is InChI=1S/C29H36N4OS2/c1-4-8-20(3)30-29(35)33-17-15-23(16-18-33)28-32-26(19-36-28)27(34)31-25-10-7-6-9-24(25)22-13-11-21(5-2)12-14-22/h6-7,9-14,19-20,23H,4-5,8,15-18H2,1-3H3,(H,30,35)(H,31,34). The molecule has 1 aliphatic heterocycles. The first-order valence-electron chi connectivity index (χ1n) is 13.0. The third kappa shape index (κ3) is 6.51. The van der Waals surface area contributed by atoms with Crippen LogP contribution in [-0.4, -0.2) is 40.0 Å². The van der Waals surface area contributed by atoms with E-state index in [0.29, 0.717) is 17.7 Å². The minimum absolute atomic E-state index is 0.164. The van der Waals surface area contributed by atoms with Crippen LogP contribution < -0.4 is 10.6 Å². The van der Waals surface area contributed by atoms with Crippen LogP contribution in [0.25, 0.3) is 11.1 Å². The van der Waals surface area contributed by atoms with E-state index in [4.69, 9.17) is 17.2 Å². The third-order valence-corrected chi connectivity index (χ3v) is 8.21. The summed E-state index contributed by atoms with van der Waals surface area (Å²) in [6, 6.07) is 16.8. The number of hydrogen-bond donors (Lipinski definition) is 2. The van der Waals surface area contributed by atoms with E-state index in [2.05, 4.69) is 60.6 Å². The van der Waals surface area contributed by atoms with Gasteiger partial charge in [-0.1, -0.05) is 62.7 Å². The summed E-state index contributed by atoms with van der Waals surface area (Å²) in [5, 5.41) is 10.3. The molecular weight excluding hydrogens is 484 g/mol. The zero-order chi connectivity index (χ0) is 25.5. The van der Waals surface area contributed by atoms with E-state index in [9.17, 15) is 4.79 Å². The van der Waals surface area contributed by atoms with E-state index >= 15 is 0 Å². The number of thiocarbonyl (C=S) groups is 1. The highest BCUT2D eigenvalue weighted by Crippen LogP contribution is 2.32. The van der Waals surface area contributed by atoms with Crippen molar-refractivity contribution >= 4 is 40.3 Å². The number of carbonyl (C=O) groups excluding carboxylic acids is 1. The first kappa shape index (κ1) is 26.3. The van der Waals surface area contributed by atoms with Crippen LogP contribution in [0.1, 0.15) is 73.4 Å². The topological polar surface area (TPSA) is 57.3 Å². The molecule has 0 saturated carbocycles. The molecule has 1 saturated heterocycles. The molecule has 0 aliphatic carbocycles. The smallest absolute Gasteiger partial charge is 0.275 e. The lowest BCUT2D eigenvalue weighted by Gasteiger charge is -2.34. The van der Waals surface area contributed by atoms with Gasteiger partial charge in [-0.2, -0.15) is 0 Å². The van der Waals surface area contributed by atoms with Crippen LogP contribution in [0.15, 0.2) is 53.9 Å². The number of para-hydroxylation sites is 1. The second-order valence-corrected chi connectivity index (χ2v) is 10.8. The van der Waals surface area contributed by atoms with Crippen LogP contribution >= 0.6 is 23.6 Å². The zero-order valence-corrected chi connectivity index (χ0v) is 23.1. The van der Waals surface area contributed by atoms with Crippen LogP contribution in [0.4, 0.5) is 5.69 Å². The maximum atomic E-state index is 13.1. The fourth-order valence-corrected chi connectivity index (χ4v) is 6.02. The highest BCUT2D eigenvalue weighted by atomic mass is 32.1. The summed E-state index contributed by atoms with van der Waals surface area (Å²) in [5.74, 6) is 0.205. The van der Waals surface area contributed by atoms with Crippen molar-refractivity contribution in [3.8, 4) is 11.1 Å². The third-order valence-electron chi connectivity index (χ3n) is 6.83. The summed E-state index contributed by atoms with van der Waals surface area (Å²) in [5.41, 5.74) is 4.68. The Bertz CT molecular complexity index is 1170. The van der Waals surface area contributed by atoms with Gasteiger partial charge in [0.1, 0.15) is 5.69 Å². The predicted octanol–water partition coefficient (Wildman–Crippen LogP) is 6.87. The van der Waals surface area contributed by atoms with Crippen molar-refractivity contribution in [3.05, 3.63) is 70.2 Å². The molecule has 1 atom stereocenters. The Morgan fingerprint density at radius 3 is 2.56 bits per heavy atom. The van der Waals surface area contributed by atoms with Crippen molar-refractivity contribution in [2.75, 3.05) is 18.4 Å². The molecule has 4 rings (SSSR count). The Kier molecular flexibility index (Phi) is 9.10. The summed E-state index contributed by atoms with van der Waals surface area (Å²) in [7, 11) is 0. The molecule has 1 aromatic heterocycles. The van der Waals surface area contributed by atoms with Gasteiger partial charge in [-0.3, -0.25) is 4.79 Å². The van der Waals surface area contributed by atoms with Gasteiger partial charge in [0.25, 0.3) is 5.91 Å². The number of aromatic nitrogens is 1. The van der Waals surface area contributed by atoms with Gasteiger partial charge in [0.05, 0.1) is 5.01 Å². The number of nitrogens with zero attached hydrogens (tertiary/aromatic N) is 2. The van der Waals surface area contributed by atoms with Crippen molar-refractivity contribution in [1.29, 1.82) is 0 Å². The summed E-state index contributed by atoms with van der Waals surface area (Å²) < 4.78 is 0. The number of rotatable bonds is 8. The molecule has 5 nitrogen and oxygen atoms in total. The number of amides is 1. The lowest BCUT2D eigenvalue weighted by Crippen LogP contribution is -2.46. The van der Waals surface area contributed by atoms with E-state index in [0.717, 1.165) is 72.1 Å². The Balaban J connectivity index is 1.37. The number of aryl methyl sites for hydroxylation is 1. The maximum Gasteiger partial charge on any atom is 0.275 e. The molecule has 7 heteroatoms. The molecule has 2 N–H and O–H groups in total. The maximum absolute atomic E-state index is 13.1. The molecule has 1 aliphatic rings. The Hall–Kier alpha value is -2.77. The highest BCUT2D eigenvalue weighted by Gasteiger charge is 2.25. The summed E-state index contributed by atoms with van der Waals surface area (Å²) in [6.07, 6.45) is 5.27. The first-order valence-corrected chi connectivity index (χ1v) is 14.3. The second-order valence-electron chi connectivity index (χ2n) is 9.52. The van der Waals surface area contributed by atoms with Gasteiger partial charge in [0.2, 0.25) is 0 Å². The van der Waals surface area contributed by atoms with Crippen LogP contribution in [0.5, 0.6) is 0 Å². The number of benzene rings is 2. The largest absolute Gasteiger partial charge is 0.360 e. The van der Waals surface area contributed by atoms with Gasteiger partial charge >= 0.3 is 0 Å². The number of carbonyl (C=O) groups is 1. The average molecular weight is 521 g/mol. The van der Waals surface area contributed by atoms with E-state index in [1.54, 1.807) is 11.3 Å². The van der Waals surface area contributed by atoms with E-state index in [-0.39, 0.29) is 5.91 Å². The SMILES string of the molecule is CCCC(C)NC(=S)N1CCC(c2nc(C(=O)Nc3ccccc3-c3ccc(CC)cc3)cs2)CC1. The fourth-order valence-electron chi connectivity index (χ4n) is 4.67. The van der Waals surface area contributed by atoms with E-state index < -0.39 is 0 Å². The van der Waals surface area contributed by atoms with E-state index in [1.807, 2.05) is 29.6 Å². The molecule has 1 fully saturated rings. The second kappa shape index (κ2) is 12.5. The van der Waals surface area contributed by atoms with Crippen LogP contribution in [0.3, 0.4) is 0 Å². The fraction of sp³-hybridized carbons (Fsp3) is 0.414. The number of anilines is 1. The van der Waals surface area contributed by atoms with Crippen molar-refractivity contribution < 1.29 is 4.79 Å². The summed E-state index contributed by atoms with van der Waals surface area (Å²) in [6.45, 7) is 8.36. The molecule has 1 unspecified atom stereocenters. The van der Waals surface area contributed by atoms with Crippen molar-refractivity contribution in [2.24, 2.45) is 0 Å². The van der Waals surface area contributed by atoms with Crippen LogP contribution in [0.2, 0.25) is 0 Å². The predicted molar refractivity (Wildman–Crippen MR) is 155 cm³/mol. The molecule has 2 aromatic carbocycles. The molecule has 0 radical (unpaired) electrons. The summed E-state index contributed by atoms with van der Waals surface area (Å²) in [4.78, 5) is 20.1. The van der Waals surface area contributed by atoms with Gasteiger partial charge in [-0.25, -0.2) is 4.98 Å². The zero-order valence-electron chi connectivity index (χ0n) is 21.4. The molecule has 36 heavy (non-hydrogen) atoms. The molecule has 0 bridgehead atoms. The van der Waals surface area contributed by atoms with Crippen LogP contribution in [-0.2, 0) is 6.42 Å². The first-order chi connectivity index (χ1) is 17.5. The van der Waals surface area contributed by atoms with Gasteiger partial charge in [-0.15, -0.1) is 11.3 Å². The average Bonchev–Trinajstić information content (AvgIpc) is 3.40. The number of piperidine rings is 1. The van der Waals surface area contributed by atoms with Gasteiger partial charge in [0, 0.05) is 41.7 Å². The normalized spacial score (nSPS) is 14.9. The number of nitrogens with one attached hydrogen (secondary N) is 2. The Labute approximate surface area is 224 Å². The molecule has 3 aromatic rings. The van der Waals surface area contributed by atoms with E-state index in [1.165, 1.54) is 5.56 Å². The van der Waals surface area contributed by atoms with Gasteiger partial charge in [0.15, 0.2) is 5.11 Å². The Morgan fingerprint density at radius 2 is 1.86 bits per heavy atom. The monoisotopic (exact) mass is 520 g/mol. The lowest BCUT2D eigenvalue weighted by molar-refractivity contribution is 0.102. The van der Waals surface area contributed by atoms with Gasteiger partial charge in [-0.05, 0) is 62.0 Å². The van der Waals surface area contributed by atoms with Crippen molar-refractivity contribution in [2.45, 2.75) is 64.8 Å². The minimum atomic E-state index is -0.164. The molecule has 190 valence electrons.